The van der Waals surface area contributed by atoms with Gasteiger partial charge in [0.05, 0.1) is 10.6 Å². The maximum absolute atomic E-state index is 13.0. The summed E-state index contributed by atoms with van der Waals surface area (Å²) in [5, 5.41) is 3.35. The van der Waals surface area contributed by atoms with Crippen molar-refractivity contribution in [3.05, 3.63) is 59.2 Å². The maximum Gasteiger partial charge on any atom is 0.261 e. The molecule has 6 heteroatoms. The van der Waals surface area contributed by atoms with Gasteiger partial charge in [0.25, 0.3) is 15.9 Å². The second kappa shape index (κ2) is 7.37. The molecule has 0 atom stereocenters. The third-order valence-corrected chi connectivity index (χ3v) is 9.07. The third kappa shape index (κ3) is 3.86. The van der Waals surface area contributed by atoms with E-state index >= 15 is 0 Å². The Morgan fingerprint density at radius 1 is 0.903 bits per heavy atom. The Morgan fingerprint density at radius 3 is 2.06 bits per heavy atom. The van der Waals surface area contributed by atoms with Gasteiger partial charge in [0.1, 0.15) is 0 Å². The first-order valence-corrected chi connectivity index (χ1v) is 12.7. The molecule has 1 amide bonds. The predicted molar refractivity (Wildman–Crippen MR) is 122 cm³/mol. The van der Waals surface area contributed by atoms with Crippen LogP contribution in [0.1, 0.15) is 60.0 Å². The molecule has 4 fully saturated rings. The van der Waals surface area contributed by atoms with E-state index in [1.807, 2.05) is 26.0 Å². The number of hydrogen-bond acceptors (Lipinski definition) is 3. The lowest BCUT2D eigenvalue weighted by Gasteiger charge is -2.56. The van der Waals surface area contributed by atoms with E-state index in [0.717, 1.165) is 48.1 Å². The molecule has 0 radical (unpaired) electrons. The van der Waals surface area contributed by atoms with E-state index in [1.165, 1.54) is 31.4 Å². The van der Waals surface area contributed by atoms with Gasteiger partial charge in [0.2, 0.25) is 0 Å². The first-order valence-electron chi connectivity index (χ1n) is 11.2. The molecule has 2 aromatic rings. The van der Waals surface area contributed by atoms with Crippen molar-refractivity contribution >= 4 is 21.6 Å². The summed E-state index contributed by atoms with van der Waals surface area (Å²) in [5.74, 6) is 2.19. The normalized spacial score (nSPS) is 29.0. The van der Waals surface area contributed by atoms with Gasteiger partial charge in [-0.1, -0.05) is 12.1 Å². The molecule has 4 bridgehead atoms. The van der Waals surface area contributed by atoms with Crippen molar-refractivity contribution in [2.24, 2.45) is 17.8 Å². The van der Waals surface area contributed by atoms with Gasteiger partial charge >= 0.3 is 0 Å². The lowest BCUT2D eigenvalue weighted by Crippen LogP contribution is -2.59. The summed E-state index contributed by atoms with van der Waals surface area (Å²) in [6, 6.07) is 11.8. The van der Waals surface area contributed by atoms with Crippen LogP contribution in [0.4, 0.5) is 5.69 Å². The number of rotatable bonds is 5. The van der Waals surface area contributed by atoms with Gasteiger partial charge in [-0.3, -0.25) is 9.52 Å². The number of carbonyl (C=O) groups is 1. The van der Waals surface area contributed by atoms with Gasteiger partial charge in [-0.05, 0) is 112 Å². The molecule has 0 saturated heterocycles. The number of carbonyl (C=O) groups excluding carboxylic acids is 1. The van der Waals surface area contributed by atoms with Crippen molar-refractivity contribution in [3.63, 3.8) is 0 Å². The zero-order valence-electron chi connectivity index (χ0n) is 18.1. The van der Waals surface area contributed by atoms with E-state index in [0.29, 0.717) is 11.3 Å². The molecule has 0 aliphatic heterocycles. The second-order valence-electron chi connectivity index (χ2n) is 10.0. The minimum absolute atomic E-state index is 0.0547. The number of nitrogens with one attached hydrogen (secondary N) is 2. The van der Waals surface area contributed by atoms with E-state index in [2.05, 4.69) is 10.0 Å². The van der Waals surface area contributed by atoms with E-state index < -0.39 is 10.0 Å². The van der Waals surface area contributed by atoms with Crippen molar-refractivity contribution in [1.82, 2.24) is 5.32 Å². The Morgan fingerprint density at radius 2 is 1.48 bits per heavy atom. The van der Waals surface area contributed by atoms with Crippen LogP contribution in [0, 0.1) is 31.6 Å². The Bertz CT molecular complexity index is 1090. The van der Waals surface area contributed by atoms with Crippen molar-refractivity contribution in [1.29, 1.82) is 0 Å². The van der Waals surface area contributed by atoms with Crippen LogP contribution in [-0.2, 0) is 10.0 Å². The average Bonchev–Trinajstić information content (AvgIpc) is 2.70. The van der Waals surface area contributed by atoms with Gasteiger partial charge in [-0.25, -0.2) is 8.42 Å². The standard InChI is InChI=1S/C25H30N2O3S/c1-16-4-3-5-23(17(16)2)27-31(29,30)22-8-6-21(7-9-22)24(28)26-25-13-18-10-19(14-25)12-20(11-18)15-25/h3-9,18-20,27H,10-15H2,1-2H3,(H,26,28). The second-order valence-corrected chi connectivity index (χ2v) is 11.7. The van der Waals surface area contributed by atoms with Crippen molar-refractivity contribution in [2.45, 2.75) is 62.8 Å². The highest BCUT2D eigenvalue weighted by atomic mass is 32.2. The monoisotopic (exact) mass is 438 g/mol. The van der Waals surface area contributed by atoms with Crippen molar-refractivity contribution in [3.8, 4) is 0 Å². The Kier molecular flexibility index (Phi) is 4.88. The Labute approximate surface area is 184 Å². The Balaban J connectivity index is 1.30. The van der Waals surface area contributed by atoms with Gasteiger partial charge in [0, 0.05) is 11.1 Å². The summed E-state index contributed by atoms with van der Waals surface area (Å²) in [7, 11) is -3.72. The van der Waals surface area contributed by atoms with Crippen LogP contribution < -0.4 is 10.0 Å². The van der Waals surface area contributed by atoms with Crippen LogP contribution in [0.15, 0.2) is 47.4 Å². The van der Waals surface area contributed by atoms with E-state index in [4.69, 9.17) is 0 Å². The number of benzene rings is 2. The molecule has 4 aliphatic carbocycles. The number of aryl methyl sites for hydroxylation is 1. The summed E-state index contributed by atoms with van der Waals surface area (Å²) in [6.07, 6.45) is 7.27. The van der Waals surface area contributed by atoms with Crippen LogP contribution in [0.5, 0.6) is 0 Å². The zero-order valence-corrected chi connectivity index (χ0v) is 19.0. The fourth-order valence-corrected chi connectivity index (χ4v) is 7.55. The van der Waals surface area contributed by atoms with E-state index in [9.17, 15) is 13.2 Å². The first-order chi connectivity index (χ1) is 14.7. The van der Waals surface area contributed by atoms with Gasteiger partial charge in [-0.2, -0.15) is 0 Å². The molecule has 164 valence electrons. The van der Waals surface area contributed by atoms with E-state index in [-0.39, 0.29) is 16.3 Å². The molecular weight excluding hydrogens is 408 g/mol. The molecule has 0 heterocycles. The highest BCUT2D eigenvalue weighted by Crippen LogP contribution is 2.55. The van der Waals surface area contributed by atoms with Crippen molar-refractivity contribution in [2.75, 3.05) is 4.72 Å². The summed E-state index contributed by atoms with van der Waals surface area (Å²) in [4.78, 5) is 13.1. The highest BCUT2D eigenvalue weighted by Gasteiger charge is 2.51. The van der Waals surface area contributed by atoms with Crippen LogP contribution in [-0.4, -0.2) is 19.9 Å². The molecule has 5 nitrogen and oxygen atoms in total. The Hall–Kier alpha value is -2.34. The van der Waals surface area contributed by atoms with Gasteiger partial charge in [-0.15, -0.1) is 0 Å². The van der Waals surface area contributed by atoms with Crippen LogP contribution in [0.25, 0.3) is 0 Å². The molecule has 0 spiro atoms. The maximum atomic E-state index is 13.0. The average molecular weight is 439 g/mol. The van der Waals surface area contributed by atoms with Crippen LogP contribution in [0.2, 0.25) is 0 Å². The third-order valence-electron chi connectivity index (χ3n) is 7.69. The summed E-state index contributed by atoms with van der Waals surface area (Å²) in [6.45, 7) is 3.84. The molecule has 4 aliphatic rings. The fraction of sp³-hybridized carbons (Fsp3) is 0.480. The van der Waals surface area contributed by atoms with E-state index in [1.54, 1.807) is 18.2 Å². The lowest BCUT2D eigenvalue weighted by atomic mass is 9.53. The fourth-order valence-electron chi connectivity index (χ4n) is 6.43. The molecule has 2 aromatic carbocycles. The van der Waals surface area contributed by atoms with Gasteiger partial charge < -0.3 is 5.32 Å². The molecular formula is C25H30N2O3S. The topological polar surface area (TPSA) is 75.3 Å². The lowest BCUT2D eigenvalue weighted by molar-refractivity contribution is -0.0167. The van der Waals surface area contributed by atoms with Crippen LogP contribution >= 0.6 is 0 Å². The predicted octanol–water partition coefficient (Wildman–Crippen LogP) is 4.80. The molecule has 6 rings (SSSR count). The van der Waals surface area contributed by atoms with Crippen molar-refractivity contribution < 1.29 is 13.2 Å². The zero-order chi connectivity index (χ0) is 21.8. The minimum Gasteiger partial charge on any atom is -0.347 e. The number of sulfonamides is 1. The smallest absolute Gasteiger partial charge is 0.261 e. The summed E-state index contributed by atoms with van der Waals surface area (Å²) in [5.41, 5.74) is 2.96. The molecule has 31 heavy (non-hydrogen) atoms. The molecule has 4 saturated carbocycles. The quantitative estimate of drug-likeness (QED) is 0.704. The number of hydrogen-bond donors (Lipinski definition) is 2. The van der Waals surface area contributed by atoms with Gasteiger partial charge in [0.15, 0.2) is 0 Å². The van der Waals surface area contributed by atoms with Crippen LogP contribution in [0.3, 0.4) is 0 Å². The first kappa shape index (κ1) is 20.6. The minimum atomic E-state index is -3.72. The molecule has 0 aromatic heterocycles. The number of anilines is 1. The highest BCUT2D eigenvalue weighted by molar-refractivity contribution is 7.92. The molecule has 2 N–H and O–H groups in total. The largest absolute Gasteiger partial charge is 0.347 e. The molecule has 0 unspecified atom stereocenters. The summed E-state index contributed by atoms with van der Waals surface area (Å²) >= 11 is 0. The SMILES string of the molecule is Cc1cccc(NS(=O)(=O)c2ccc(C(=O)NC34CC5CC(CC(C5)C3)C4)cc2)c1C. The number of amides is 1. The summed E-state index contributed by atoms with van der Waals surface area (Å²) < 4.78 is 28.3.